The van der Waals surface area contributed by atoms with E-state index in [9.17, 15) is 0 Å². The molecule has 2 atom stereocenters. The summed E-state index contributed by atoms with van der Waals surface area (Å²) >= 11 is 0. The van der Waals surface area contributed by atoms with Gasteiger partial charge in [0.25, 0.3) is 0 Å². The summed E-state index contributed by atoms with van der Waals surface area (Å²) in [5.74, 6) is 1.46. The molecule has 0 aliphatic heterocycles. The summed E-state index contributed by atoms with van der Waals surface area (Å²) in [6.45, 7) is 0. The van der Waals surface area contributed by atoms with Crippen LogP contribution in [0.4, 0.5) is 5.95 Å². The Bertz CT molecular complexity index is 363. The summed E-state index contributed by atoms with van der Waals surface area (Å²) in [4.78, 5) is 8.44. The third-order valence-corrected chi connectivity index (χ3v) is 2.98. The summed E-state index contributed by atoms with van der Waals surface area (Å²) in [6, 6.07) is 2.03. The van der Waals surface area contributed by atoms with Crippen LogP contribution >= 0.6 is 0 Å². The monoisotopic (exact) mass is 238 g/mol. The van der Waals surface area contributed by atoms with E-state index in [1.165, 1.54) is 0 Å². The van der Waals surface area contributed by atoms with Crippen molar-refractivity contribution in [3.05, 3.63) is 6.07 Å². The Hall–Kier alpha value is -1.56. The van der Waals surface area contributed by atoms with E-state index in [4.69, 9.17) is 15.2 Å². The number of anilines is 1. The summed E-state index contributed by atoms with van der Waals surface area (Å²) in [6.07, 6.45) is 3.22. The van der Waals surface area contributed by atoms with Crippen molar-refractivity contribution < 1.29 is 9.47 Å². The molecule has 1 aliphatic carbocycles. The molecule has 0 aromatic carbocycles. The van der Waals surface area contributed by atoms with E-state index >= 15 is 0 Å². The lowest BCUT2D eigenvalue weighted by Crippen LogP contribution is -2.35. The lowest BCUT2D eigenvalue weighted by atomic mass is 10.2. The highest BCUT2D eigenvalue weighted by atomic mass is 16.5. The van der Waals surface area contributed by atoms with Gasteiger partial charge >= 0.3 is 0 Å². The third kappa shape index (κ3) is 2.76. The molecule has 0 spiro atoms. The molecule has 6 nitrogen and oxygen atoms in total. The molecule has 2 rings (SSSR count). The molecule has 0 amide bonds. The molecular weight excluding hydrogens is 220 g/mol. The number of rotatable bonds is 4. The van der Waals surface area contributed by atoms with Crippen molar-refractivity contribution >= 4 is 5.95 Å². The highest BCUT2D eigenvalue weighted by molar-refractivity contribution is 5.35. The van der Waals surface area contributed by atoms with Gasteiger partial charge in [-0.2, -0.15) is 9.97 Å². The summed E-state index contributed by atoms with van der Waals surface area (Å²) < 4.78 is 10.2. The zero-order chi connectivity index (χ0) is 12.3. The van der Waals surface area contributed by atoms with Crippen LogP contribution in [0.15, 0.2) is 6.07 Å². The molecule has 1 heterocycles. The first-order valence-electron chi connectivity index (χ1n) is 5.72. The Kier molecular flexibility index (Phi) is 3.63. The van der Waals surface area contributed by atoms with Crippen molar-refractivity contribution in [1.82, 2.24) is 9.97 Å². The number of hydrogen-bond acceptors (Lipinski definition) is 6. The molecule has 1 saturated carbocycles. The molecule has 1 aromatic rings. The fourth-order valence-electron chi connectivity index (χ4n) is 2.01. The van der Waals surface area contributed by atoms with Gasteiger partial charge in [0.05, 0.1) is 20.3 Å². The SMILES string of the molecule is COc1cc(OC)nc(NC2CCCC2N)n1. The highest BCUT2D eigenvalue weighted by Crippen LogP contribution is 2.23. The number of nitrogens with zero attached hydrogens (tertiary/aromatic N) is 2. The Morgan fingerprint density at radius 1 is 1.24 bits per heavy atom. The van der Waals surface area contributed by atoms with Crippen LogP contribution in [0.2, 0.25) is 0 Å². The van der Waals surface area contributed by atoms with Crippen LogP contribution in [-0.4, -0.2) is 36.3 Å². The number of methoxy groups -OCH3 is 2. The van der Waals surface area contributed by atoms with Crippen LogP contribution < -0.4 is 20.5 Å². The van der Waals surface area contributed by atoms with Crippen LogP contribution in [0.3, 0.4) is 0 Å². The first-order chi connectivity index (χ1) is 8.22. The van der Waals surface area contributed by atoms with Crippen LogP contribution in [-0.2, 0) is 0 Å². The zero-order valence-electron chi connectivity index (χ0n) is 10.1. The molecule has 1 aromatic heterocycles. The molecule has 1 fully saturated rings. The second kappa shape index (κ2) is 5.18. The number of nitrogens with one attached hydrogen (secondary N) is 1. The van der Waals surface area contributed by atoms with Crippen molar-refractivity contribution in [2.75, 3.05) is 19.5 Å². The third-order valence-electron chi connectivity index (χ3n) is 2.98. The Morgan fingerprint density at radius 3 is 2.35 bits per heavy atom. The van der Waals surface area contributed by atoms with E-state index in [1.54, 1.807) is 20.3 Å². The largest absolute Gasteiger partial charge is 0.481 e. The first-order valence-corrected chi connectivity index (χ1v) is 5.72. The van der Waals surface area contributed by atoms with Gasteiger partial charge in [0, 0.05) is 12.1 Å². The quantitative estimate of drug-likeness (QED) is 0.807. The van der Waals surface area contributed by atoms with Crippen LogP contribution in [0.25, 0.3) is 0 Å². The van der Waals surface area contributed by atoms with Crippen molar-refractivity contribution in [2.45, 2.75) is 31.3 Å². The van der Waals surface area contributed by atoms with E-state index < -0.39 is 0 Å². The number of aromatic nitrogens is 2. The van der Waals surface area contributed by atoms with Gasteiger partial charge in [-0.1, -0.05) is 0 Å². The minimum atomic E-state index is 0.163. The standard InChI is InChI=1S/C11H18N4O2/c1-16-9-6-10(17-2)15-11(14-9)13-8-5-3-4-7(8)12/h6-8H,3-5,12H2,1-2H3,(H,13,14,15). The van der Waals surface area contributed by atoms with Crippen molar-refractivity contribution in [2.24, 2.45) is 5.73 Å². The van der Waals surface area contributed by atoms with Gasteiger partial charge in [0.15, 0.2) is 0 Å². The van der Waals surface area contributed by atoms with Crippen molar-refractivity contribution in [3.8, 4) is 11.8 Å². The molecule has 3 N–H and O–H groups in total. The smallest absolute Gasteiger partial charge is 0.229 e. The van der Waals surface area contributed by atoms with E-state index in [2.05, 4.69) is 15.3 Å². The Labute approximate surface area is 101 Å². The predicted molar refractivity (Wildman–Crippen MR) is 64.4 cm³/mol. The maximum absolute atomic E-state index is 5.99. The van der Waals surface area contributed by atoms with Crippen LogP contribution in [0.1, 0.15) is 19.3 Å². The molecule has 0 radical (unpaired) electrons. The Balaban J connectivity index is 2.14. The average molecular weight is 238 g/mol. The van der Waals surface area contributed by atoms with Crippen LogP contribution in [0, 0.1) is 0 Å². The summed E-state index contributed by atoms with van der Waals surface area (Å²) in [5.41, 5.74) is 5.99. The zero-order valence-corrected chi connectivity index (χ0v) is 10.1. The van der Waals surface area contributed by atoms with Gasteiger partial charge in [-0.05, 0) is 19.3 Å². The van der Waals surface area contributed by atoms with E-state index in [0.29, 0.717) is 17.7 Å². The number of ether oxygens (including phenoxy) is 2. The van der Waals surface area contributed by atoms with Gasteiger partial charge in [-0.3, -0.25) is 0 Å². The topological polar surface area (TPSA) is 82.3 Å². The van der Waals surface area contributed by atoms with Crippen LogP contribution in [0.5, 0.6) is 11.8 Å². The highest BCUT2D eigenvalue weighted by Gasteiger charge is 2.24. The second-order valence-electron chi connectivity index (χ2n) is 4.12. The molecule has 2 unspecified atom stereocenters. The second-order valence-corrected chi connectivity index (χ2v) is 4.12. The van der Waals surface area contributed by atoms with Gasteiger partial charge in [-0.15, -0.1) is 0 Å². The predicted octanol–water partition coefficient (Wildman–Crippen LogP) is 0.785. The molecule has 6 heteroatoms. The number of hydrogen-bond donors (Lipinski definition) is 2. The molecule has 1 aliphatic rings. The maximum atomic E-state index is 5.99. The lowest BCUT2D eigenvalue weighted by Gasteiger charge is -2.17. The van der Waals surface area contributed by atoms with Gasteiger partial charge < -0.3 is 20.5 Å². The maximum Gasteiger partial charge on any atom is 0.229 e. The molecule has 17 heavy (non-hydrogen) atoms. The molecule has 0 saturated heterocycles. The van der Waals surface area contributed by atoms with E-state index in [0.717, 1.165) is 19.3 Å². The average Bonchev–Trinajstić information content (AvgIpc) is 2.74. The minimum absolute atomic E-state index is 0.163. The molecule has 0 bridgehead atoms. The van der Waals surface area contributed by atoms with Gasteiger partial charge in [-0.25, -0.2) is 0 Å². The minimum Gasteiger partial charge on any atom is -0.481 e. The fraction of sp³-hybridized carbons (Fsp3) is 0.636. The van der Waals surface area contributed by atoms with Crippen molar-refractivity contribution in [1.29, 1.82) is 0 Å². The fourth-order valence-corrected chi connectivity index (χ4v) is 2.01. The van der Waals surface area contributed by atoms with E-state index in [-0.39, 0.29) is 12.1 Å². The van der Waals surface area contributed by atoms with Gasteiger partial charge in [0.1, 0.15) is 0 Å². The van der Waals surface area contributed by atoms with E-state index in [1.807, 2.05) is 0 Å². The Morgan fingerprint density at radius 2 is 1.88 bits per heavy atom. The molecular formula is C11H18N4O2. The summed E-state index contributed by atoms with van der Waals surface area (Å²) in [5, 5.41) is 3.23. The summed E-state index contributed by atoms with van der Waals surface area (Å²) in [7, 11) is 3.12. The number of nitrogens with two attached hydrogens (primary N) is 1. The lowest BCUT2D eigenvalue weighted by molar-refractivity contribution is 0.372. The first kappa shape index (κ1) is 11.9. The van der Waals surface area contributed by atoms with Gasteiger partial charge in [0.2, 0.25) is 17.7 Å². The normalized spacial score (nSPS) is 23.5. The van der Waals surface area contributed by atoms with Crippen molar-refractivity contribution in [3.63, 3.8) is 0 Å². The molecule has 94 valence electrons.